The summed E-state index contributed by atoms with van der Waals surface area (Å²) in [5.74, 6) is 0.868. The summed E-state index contributed by atoms with van der Waals surface area (Å²) in [6.07, 6.45) is 9.91. The largest absolute Gasteiger partial charge is 0.444 e. The standard InChI is InChI=1S/C24H29ClN6O2S/c1-24(2,3)33-23(32)30-9-6-14(7-10-30)15-4-5-16(12-15)31-13-17(21-27-8-11-34-21)18-19(26)28-22(25)29-20(18)31/h6,8,11,13,15-16H,4-5,7,9-10,12H2,1-3H3,(H2,26,28,29). The number of hydrogen-bond acceptors (Lipinski definition) is 7. The van der Waals surface area contributed by atoms with Gasteiger partial charge < -0.3 is 19.9 Å². The Morgan fingerprint density at radius 2 is 2.12 bits per heavy atom. The minimum atomic E-state index is -0.480. The molecule has 8 nitrogen and oxygen atoms in total. The SMILES string of the molecule is CC(C)(C)OC(=O)N1CC=C(C2CCC(n3cc(-c4nccs4)c4c(N)nc(Cl)nc43)C2)CC1. The topological polar surface area (TPSA) is 99.2 Å². The first kappa shape index (κ1) is 23.1. The molecule has 3 aromatic rings. The second-order valence-electron chi connectivity index (χ2n) is 9.98. The maximum Gasteiger partial charge on any atom is 0.410 e. The Hall–Kier alpha value is -2.65. The van der Waals surface area contributed by atoms with Crippen LogP contribution in [0.3, 0.4) is 0 Å². The summed E-state index contributed by atoms with van der Waals surface area (Å²) in [5, 5.41) is 3.82. The van der Waals surface area contributed by atoms with Crippen LogP contribution in [-0.2, 0) is 4.74 Å². The molecule has 0 saturated heterocycles. The molecule has 5 rings (SSSR count). The number of nitrogens with two attached hydrogens (primary N) is 1. The fraction of sp³-hybridized carbons (Fsp3) is 0.500. The van der Waals surface area contributed by atoms with Crippen molar-refractivity contribution < 1.29 is 9.53 Å². The van der Waals surface area contributed by atoms with Gasteiger partial charge in [0.05, 0.1) is 5.39 Å². The van der Waals surface area contributed by atoms with Gasteiger partial charge in [0, 0.05) is 42.5 Å². The fourth-order valence-electron chi connectivity index (χ4n) is 5.04. The molecule has 0 aromatic carbocycles. The van der Waals surface area contributed by atoms with E-state index in [0.717, 1.165) is 47.3 Å². The van der Waals surface area contributed by atoms with Crippen LogP contribution in [0.5, 0.6) is 0 Å². The van der Waals surface area contributed by atoms with Crippen LogP contribution >= 0.6 is 22.9 Å². The lowest BCUT2D eigenvalue weighted by Crippen LogP contribution is -2.39. The summed E-state index contributed by atoms with van der Waals surface area (Å²) < 4.78 is 7.74. The summed E-state index contributed by atoms with van der Waals surface area (Å²) in [6.45, 7) is 6.98. The third-order valence-electron chi connectivity index (χ3n) is 6.55. The monoisotopic (exact) mass is 500 g/mol. The second kappa shape index (κ2) is 8.85. The van der Waals surface area contributed by atoms with E-state index in [1.54, 1.807) is 22.4 Å². The molecule has 1 aliphatic heterocycles. The molecular formula is C24H29ClN6O2S. The number of rotatable bonds is 3. The van der Waals surface area contributed by atoms with Gasteiger partial charge in [-0.2, -0.15) is 4.98 Å². The Balaban J connectivity index is 1.36. The minimum Gasteiger partial charge on any atom is -0.444 e. The van der Waals surface area contributed by atoms with Crippen LogP contribution in [0.15, 0.2) is 29.4 Å². The Morgan fingerprint density at radius 1 is 1.29 bits per heavy atom. The average molecular weight is 501 g/mol. The van der Waals surface area contributed by atoms with Crippen LogP contribution < -0.4 is 5.73 Å². The molecular weight excluding hydrogens is 472 g/mol. The van der Waals surface area contributed by atoms with Crippen molar-refractivity contribution in [1.29, 1.82) is 0 Å². The zero-order chi connectivity index (χ0) is 24.0. The highest BCUT2D eigenvalue weighted by atomic mass is 35.5. The molecule has 180 valence electrons. The predicted octanol–water partition coefficient (Wildman–Crippen LogP) is 5.70. The van der Waals surface area contributed by atoms with Gasteiger partial charge in [0.15, 0.2) is 0 Å². The number of carbonyl (C=O) groups is 1. The molecule has 34 heavy (non-hydrogen) atoms. The van der Waals surface area contributed by atoms with Gasteiger partial charge in [0.2, 0.25) is 5.28 Å². The summed E-state index contributed by atoms with van der Waals surface area (Å²) in [4.78, 5) is 27.4. The molecule has 0 spiro atoms. The third kappa shape index (κ3) is 4.51. The molecule has 2 atom stereocenters. The molecule has 1 aliphatic carbocycles. The first-order chi connectivity index (χ1) is 16.2. The maximum atomic E-state index is 12.4. The van der Waals surface area contributed by atoms with E-state index in [4.69, 9.17) is 22.1 Å². The number of nitrogens with zero attached hydrogens (tertiary/aromatic N) is 5. The number of fused-ring (bicyclic) bond motifs is 1. The van der Waals surface area contributed by atoms with Gasteiger partial charge in [-0.05, 0) is 64.0 Å². The lowest BCUT2D eigenvalue weighted by Gasteiger charge is -2.31. The number of ether oxygens (including phenoxy) is 1. The van der Waals surface area contributed by atoms with E-state index < -0.39 is 5.60 Å². The third-order valence-corrected chi connectivity index (χ3v) is 7.53. The molecule has 2 N–H and O–H groups in total. The smallest absolute Gasteiger partial charge is 0.410 e. The van der Waals surface area contributed by atoms with Gasteiger partial charge in [-0.15, -0.1) is 11.3 Å². The van der Waals surface area contributed by atoms with E-state index >= 15 is 0 Å². The van der Waals surface area contributed by atoms with Crippen molar-refractivity contribution in [3.05, 3.63) is 34.7 Å². The Kier molecular flexibility index (Phi) is 6.02. The van der Waals surface area contributed by atoms with Gasteiger partial charge >= 0.3 is 6.09 Å². The molecule has 0 radical (unpaired) electrons. The van der Waals surface area contributed by atoms with Crippen LogP contribution in [0.2, 0.25) is 5.28 Å². The minimum absolute atomic E-state index is 0.154. The zero-order valence-corrected chi connectivity index (χ0v) is 21.2. The van der Waals surface area contributed by atoms with Crippen molar-refractivity contribution in [2.45, 2.75) is 58.1 Å². The normalized spacial score (nSPS) is 21.2. The van der Waals surface area contributed by atoms with E-state index in [0.29, 0.717) is 24.8 Å². The molecule has 1 fully saturated rings. The number of nitrogen functional groups attached to an aromatic ring is 1. The second-order valence-corrected chi connectivity index (χ2v) is 11.2. The highest BCUT2D eigenvalue weighted by molar-refractivity contribution is 7.13. The molecule has 0 bridgehead atoms. The highest BCUT2D eigenvalue weighted by Gasteiger charge is 2.33. The number of anilines is 1. The number of amides is 1. The van der Waals surface area contributed by atoms with Crippen molar-refractivity contribution in [2.75, 3.05) is 18.8 Å². The van der Waals surface area contributed by atoms with Gasteiger partial charge in [0.1, 0.15) is 22.1 Å². The fourth-order valence-corrected chi connectivity index (χ4v) is 5.87. The summed E-state index contributed by atoms with van der Waals surface area (Å²) in [7, 11) is 0. The van der Waals surface area contributed by atoms with E-state index in [1.165, 1.54) is 5.57 Å². The van der Waals surface area contributed by atoms with Crippen molar-refractivity contribution in [3.63, 3.8) is 0 Å². The summed E-state index contributed by atoms with van der Waals surface area (Å²) in [6, 6.07) is 0.288. The molecule has 3 aromatic heterocycles. The number of hydrogen-bond donors (Lipinski definition) is 1. The molecule has 4 heterocycles. The van der Waals surface area contributed by atoms with Crippen LogP contribution in [-0.4, -0.2) is 49.2 Å². The number of aromatic nitrogens is 4. The van der Waals surface area contributed by atoms with Crippen LogP contribution in [0, 0.1) is 5.92 Å². The van der Waals surface area contributed by atoms with Gasteiger partial charge in [0.25, 0.3) is 0 Å². The summed E-state index contributed by atoms with van der Waals surface area (Å²) >= 11 is 7.75. The van der Waals surface area contributed by atoms with Gasteiger partial charge in [-0.1, -0.05) is 11.6 Å². The Morgan fingerprint density at radius 3 is 2.79 bits per heavy atom. The molecule has 2 aliphatic rings. The van der Waals surface area contributed by atoms with E-state index in [1.807, 2.05) is 26.2 Å². The Bertz CT molecular complexity index is 1250. The zero-order valence-electron chi connectivity index (χ0n) is 19.6. The van der Waals surface area contributed by atoms with E-state index in [9.17, 15) is 4.79 Å². The van der Waals surface area contributed by atoms with Crippen molar-refractivity contribution >= 4 is 45.9 Å². The molecule has 10 heteroatoms. The summed E-state index contributed by atoms with van der Waals surface area (Å²) in [5.41, 5.74) is 8.95. The van der Waals surface area contributed by atoms with Gasteiger partial charge in [-0.3, -0.25) is 0 Å². The molecule has 1 amide bonds. The van der Waals surface area contributed by atoms with Crippen molar-refractivity contribution in [2.24, 2.45) is 5.92 Å². The number of thiazole rings is 1. The van der Waals surface area contributed by atoms with Crippen molar-refractivity contribution in [3.8, 4) is 10.6 Å². The maximum absolute atomic E-state index is 12.4. The lowest BCUT2D eigenvalue weighted by molar-refractivity contribution is 0.0264. The van der Waals surface area contributed by atoms with Crippen LogP contribution in [0.25, 0.3) is 21.6 Å². The van der Waals surface area contributed by atoms with Crippen molar-refractivity contribution in [1.82, 2.24) is 24.4 Å². The van der Waals surface area contributed by atoms with Crippen LogP contribution in [0.1, 0.15) is 52.5 Å². The van der Waals surface area contributed by atoms with Gasteiger partial charge in [-0.25, -0.2) is 14.8 Å². The van der Waals surface area contributed by atoms with Crippen LogP contribution in [0.4, 0.5) is 10.6 Å². The predicted molar refractivity (Wildman–Crippen MR) is 135 cm³/mol. The highest BCUT2D eigenvalue weighted by Crippen LogP contribution is 2.44. The van der Waals surface area contributed by atoms with E-state index in [-0.39, 0.29) is 17.4 Å². The molecule has 1 saturated carbocycles. The Labute approximate surface area is 207 Å². The van der Waals surface area contributed by atoms with E-state index in [2.05, 4.69) is 31.8 Å². The number of carbonyl (C=O) groups excluding carboxylic acids is 1. The quantitative estimate of drug-likeness (QED) is 0.366. The first-order valence-electron chi connectivity index (χ1n) is 11.6. The lowest BCUT2D eigenvalue weighted by atomic mass is 9.92. The average Bonchev–Trinajstić information content (AvgIpc) is 3.52. The molecule has 2 unspecified atom stereocenters. The number of halogens is 1. The first-order valence-corrected chi connectivity index (χ1v) is 12.9.